The number of hydrogen-bond donors (Lipinski definition) is 1. The van der Waals surface area contributed by atoms with Crippen LogP contribution < -0.4 is 4.74 Å². The van der Waals surface area contributed by atoms with Gasteiger partial charge in [0.05, 0.1) is 31.3 Å². The topological polar surface area (TPSA) is 99.6 Å². The second-order valence-corrected chi connectivity index (χ2v) is 10.3. The van der Waals surface area contributed by atoms with Crippen molar-refractivity contribution < 1.29 is 27.9 Å². The molecule has 34 heavy (non-hydrogen) atoms. The van der Waals surface area contributed by atoms with Gasteiger partial charge in [-0.2, -0.15) is 4.31 Å². The summed E-state index contributed by atoms with van der Waals surface area (Å²) >= 11 is 5.89. The molecule has 182 valence electrons. The Balaban J connectivity index is 1.60. The number of hydrogen-bond acceptors (Lipinski definition) is 7. The lowest BCUT2D eigenvalue weighted by molar-refractivity contribution is -0.167. The predicted molar refractivity (Wildman–Crippen MR) is 125 cm³/mol. The Hall–Kier alpha value is -2.47. The summed E-state index contributed by atoms with van der Waals surface area (Å²) in [5.41, 5.74) is 0. The molecule has 2 heterocycles. The number of halogens is 1. The molecule has 9 nitrogen and oxygen atoms in total. The summed E-state index contributed by atoms with van der Waals surface area (Å²) in [6, 6.07) is 11.8. The van der Waals surface area contributed by atoms with E-state index in [1.54, 1.807) is 48.6 Å². The van der Waals surface area contributed by atoms with Crippen LogP contribution in [0.5, 0.6) is 11.5 Å². The van der Waals surface area contributed by atoms with Crippen LogP contribution >= 0.6 is 11.6 Å². The maximum absolute atomic E-state index is 13.7. The van der Waals surface area contributed by atoms with E-state index in [0.29, 0.717) is 47.9 Å². The van der Waals surface area contributed by atoms with Gasteiger partial charge >= 0.3 is 0 Å². The third-order valence-electron chi connectivity index (χ3n) is 5.61. The number of morpholine rings is 1. The predicted octanol–water partition coefficient (Wildman–Crippen LogP) is 2.96. The summed E-state index contributed by atoms with van der Waals surface area (Å²) < 4.78 is 39.7. The smallest absolute Gasteiger partial charge is 0.265 e. The molecule has 0 aromatic heterocycles. The van der Waals surface area contributed by atoms with Crippen molar-refractivity contribution in [3.63, 3.8) is 0 Å². The van der Waals surface area contributed by atoms with Crippen LogP contribution in [-0.4, -0.2) is 79.4 Å². The van der Waals surface area contributed by atoms with E-state index >= 15 is 0 Å². The van der Waals surface area contributed by atoms with Crippen molar-refractivity contribution in [1.82, 2.24) is 14.3 Å². The van der Waals surface area contributed by atoms with Crippen LogP contribution in [0.1, 0.15) is 6.42 Å². The molecule has 2 aromatic rings. The van der Waals surface area contributed by atoms with Crippen LogP contribution in [0.15, 0.2) is 65.6 Å². The van der Waals surface area contributed by atoms with Gasteiger partial charge in [0, 0.05) is 18.1 Å². The first kappa shape index (κ1) is 24.6. The fraction of sp³-hybridized carbons (Fsp3) is 0.348. The number of sulfonamides is 1. The molecule has 2 aliphatic rings. The SMILES string of the molecule is O=C1C(N(CN2CCOCC2)S(=O)(=O)c2ccc(Oc3ccc(Cl)cc3)cc2)CC=CCN1O. The van der Waals surface area contributed by atoms with Gasteiger partial charge in [0.1, 0.15) is 17.5 Å². The van der Waals surface area contributed by atoms with Crippen molar-refractivity contribution in [2.45, 2.75) is 17.4 Å². The highest BCUT2D eigenvalue weighted by Gasteiger charge is 2.39. The quantitative estimate of drug-likeness (QED) is 0.454. The number of amides is 1. The van der Waals surface area contributed by atoms with E-state index < -0.39 is 22.0 Å². The Kier molecular flexibility index (Phi) is 7.87. The lowest BCUT2D eigenvalue weighted by atomic mass is 10.2. The van der Waals surface area contributed by atoms with Gasteiger partial charge in [-0.3, -0.25) is 14.9 Å². The fourth-order valence-corrected chi connectivity index (χ4v) is 5.44. The number of benzene rings is 2. The minimum Gasteiger partial charge on any atom is -0.457 e. The average Bonchev–Trinajstić information content (AvgIpc) is 3.00. The van der Waals surface area contributed by atoms with Gasteiger partial charge in [0.15, 0.2) is 0 Å². The molecule has 2 aliphatic heterocycles. The van der Waals surface area contributed by atoms with E-state index in [1.165, 1.54) is 12.1 Å². The second kappa shape index (κ2) is 10.9. The van der Waals surface area contributed by atoms with E-state index in [2.05, 4.69) is 0 Å². The van der Waals surface area contributed by atoms with Crippen LogP contribution in [0.4, 0.5) is 0 Å². The van der Waals surface area contributed by atoms with Gasteiger partial charge in [-0.1, -0.05) is 23.8 Å². The molecule has 0 aliphatic carbocycles. The lowest BCUT2D eigenvalue weighted by Gasteiger charge is -2.36. The minimum atomic E-state index is -4.08. The molecule has 1 N–H and O–H groups in total. The summed E-state index contributed by atoms with van der Waals surface area (Å²) in [5.74, 6) is 0.355. The zero-order valence-electron chi connectivity index (χ0n) is 18.4. The summed E-state index contributed by atoms with van der Waals surface area (Å²) in [6.07, 6.45) is 3.52. The molecule has 1 unspecified atom stereocenters. The number of carbonyl (C=O) groups excluding carboxylic acids is 1. The molecule has 11 heteroatoms. The normalized spacial score (nSPS) is 19.9. The molecule has 0 spiro atoms. The molecule has 1 amide bonds. The van der Waals surface area contributed by atoms with Crippen LogP contribution in [-0.2, 0) is 19.6 Å². The zero-order chi connectivity index (χ0) is 24.1. The second-order valence-electron chi connectivity index (χ2n) is 7.93. The maximum atomic E-state index is 13.7. The molecule has 1 saturated heterocycles. The first-order chi connectivity index (χ1) is 16.3. The third kappa shape index (κ3) is 5.77. The van der Waals surface area contributed by atoms with E-state index in [9.17, 15) is 18.4 Å². The number of hydroxylamine groups is 2. The summed E-state index contributed by atoms with van der Waals surface area (Å²) in [4.78, 5) is 14.8. The molecule has 0 radical (unpaired) electrons. The zero-order valence-corrected chi connectivity index (χ0v) is 20.0. The van der Waals surface area contributed by atoms with E-state index in [4.69, 9.17) is 21.1 Å². The van der Waals surface area contributed by atoms with Gasteiger partial charge in [-0.15, -0.1) is 0 Å². The van der Waals surface area contributed by atoms with Gasteiger partial charge in [-0.25, -0.2) is 13.5 Å². The van der Waals surface area contributed by atoms with Crippen LogP contribution in [0.2, 0.25) is 5.02 Å². The lowest BCUT2D eigenvalue weighted by Crippen LogP contribution is -2.54. The fourth-order valence-electron chi connectivity index (χ4n) is 3.74. The largest absolute Gasteiger partial charge is 0.457 e. The van der Waals surface area contributed by atoms with E-state index in [0.717, 1.165) is 4.31 Å². The third-order valence-corrected chi connectivity index (χ3v) is 7.72. The summed E-state index contributed by atoms with van der Waals surface area (Å²) in [6.45, 7) is 2.06. The first-order valence-corrected chi connectivity index (χ1v) is 12.7. The van der Waals surface area contributed by atoms with Crippen molar-refractivity contribution in [1.29, 1.82) is 0 Å². The van der Waals surface area contributed by atoms with Crippen molar-refractivity contribution in [3.8, 4) is 11.5 Å². The number of carbonyl (C=O) groups is 1. The molecule has 0 saturated carbocycles. The molecule has 1 fully saturated rings. The number of ether oxygens (including phenoxy) is 2. The average molecular weight is 508 g/mol. The Morgan fingerprint density at radius 1 is 1.03 bits per heavy atom. The van der Waals surface area contributed by atoms with Gasteiger partial charge < -0.3 is 9.47 Å². The highest BCUT2D eigenvalue weighted by molar-refractivity contribution is 7.89. The Bertz CT molecular complexity index is 1120. The number of nitrogens with zero attached hydrogens (tertiary/aromatic N) is 3. The van der Waals surface area contributed by atoms with Crippen molar-refractivity contribution >= 4 is 27.5 Å². The Morgan fingerprint density at radius 2 is 1.65 bits per heavy atom. The van der Waals surface area contributed by atoms with Crippen molar-refractivity contribution in [2.75, 3.05) is 39.5 Å². The van der Waals surface area contributed by atoms with Gasteiger partial charge in [-0.05, 0) is 55.0 Å². The van der Waals surface area contributed by atoms with E-state index in [-0.39, 0.29) is 24.5 Å². The monoisotopic (exact) mass is 507 g/mol. The highest BCUT2D eigenvalue weighted by Crippen LogP contribution is 2.27. The van der Waals surface area contributed by atoms with Crippen molar-refractivity contribution in [2.24, 2.45) is 0 Å². The summed E-state index contributed by atoms with van der Waals surface area (Å²) in [5, 5.41) is 11.2. The molecular formula is C23H26ClN3O6S. The maximum Gasteiger partial charge on any atom is 0.265 e. The molecule has 4 rings (SSSR count). The van der Waals surface area contributed by atoms with Crippen LogP contribution in [0.3, 0.4) is 0 Å². The minimum absolute atomic E-state index is 0.00675. The van der Waals surface area contributed by atoms with Gasteiger partial charge in [0.2, 0.25) is 10.0 Å². The molecular weight excluding hydrogens is 482 g/mol. The molecule has 0 bridgehead atoms. The Labute approximate surface area is 203 Å². The molecule has 1 atom stereocenters. The summed E-state index contributed by atoms with van der Waals surface area (Å²) in [7, 11) is -4.08. The molecule has 2 aromatic carbocycles. The first-order valence-electron chi connectivity index (χ1n) is 10.9. The van der Waals surface area contributed by atoms with Gasteiger partial charge in [0.25, 0.3) is 5.91 Å². The van der Waals surface area contributed by atoms with E-state index in [1.807, 2.05) is 4.90 Å². The Morgan fingerprint density at radius 3 is 2.29 bits per heavy atom. The standard InChI is InChI=1S/C23H26ClN3O6S/c24-18-4-6-19(7-5-18)33-20-8-10-21(11-9-20)34(30,31)27(17-25-13-15-32-16-14-25)22-3-1-2-12-26(29)23(22)28/h1-2,4-11,22,29H,3,12-17H2. The highest BCUT2D eigenvalue weighted by atomic mass is 35.5. The van der Waals surface area contributed by atoms with Crippen molar-refractivity contribution in [3.05, 3.63) is 65.7 Å². The van der Waals surface area contributed by atoms with Crippen LogP contribution in [0.25, 0.3) is 0 Å². The number of rotatable bonds is 7. The van der Waals surface area contributed by atoms with Crippen LogP contribution in [0, 0.1) is 0 Å².